The molecule has 0 amide bonds. The predicted molar refractivity (Wildman–Crippen MR) is 91.3 cm³/mol. The summed E-state index contributed by atoms with van der Waals surface area (Å²) >= 11 is 0. The molecule has 0 saturated heterocycles. The lowest BCUT2D eigenvalue weighted by Crippen LogP contribution is -2.14. The number of nitrogens with two attached hydrogens (primary N) is 1. The van der Waals surface area contributed by atoms with Crippen LogP contribution in [0, 0.1) is 0 Å². The number of benzene rings is 1. The number of nitrogens with one attached hydrogen (secondary N) is 2. The number of fused-ring (bicyclic) bond motifs is 1. The summed E-state index contributed by atoms with van der Waals surface area (Å²) in [5, 5.41) is 6.99. The van der Waals surface area contributed by atoms with E-state index in [0.717, 1.165) is 30.4 Å². The van der Waals surface area contributed by atoms with Gasteiger partial charge in [-0.1, -0.05) is 0 Å². The van der Waals surface area contributed by atoms with Gasteiger partial charge in [0, 0.05) is 18.0 Å². The van der Waals surface area contributed by atoms with Crippen LogP contribution in [0.1, 0.15) is 6.42 Å². The molecule has 2 rings (SSSR count). The molecule has 0 unspecified atom stereocenters. The van der Waals surface area contributed by atoms with E-state index in [9.17, 15) is 0 Å². The number of halogens is 1. The van der Waals surface area contributed by atoms with Crippen LogP contribution in [0.25, 0.3) is 10.9 Å². The van der Waals surface area contributed by atoms with Crippen LogP contribution >= 0.6 is 12.4 Å². The largest absolute Gasteiger partial charge is 0.493 e. The number of rotatable bonds is 7. The Morgan fingerprint density at radius 1 is 1.09 bits per heavy atom. The van der Waals surface area contributed by atoms with Crippen molar-refractivity contribution in [2.45, 2.75) is 6.42 Å². The highest BCUT2D eigenvalue weighted by Crippen LogP contribution is 2.33. The second-order valence-corrected chi connectivity index (χ2v) is 4.54. The lowest BCUT2D eigenvalue weighted by atomic mass is 10.2. The van der Waals surface area contributed by atoms with Crippen LogP contribution in [0.2, 0.25) is 0 Å². The molecule has 7 nitrogen and oxygen atoms in total. The van der Waals surface area contributed by atoms with Crippen LogP contribution in [0.4, 0.5) is 11.8 Å². The SMILES string of the molecule is CNCCCNc1nc(N)c2cc(OC)c(OC)cc2n1.Cl. The van der Waals surface area contributed by atoms with Crippen molar-refractivity contribution >= 4 is 35.1 Å². The minimum Gasteiger partial charge on any atom is -0.493 e. The molecule has 2 aromatic rings. The molecule has 0 fully saturated rings. The molecule has 1 heterocycles. The Hall–Kier alpha value is -1.99. The van der Waals surface area contributed by atoms with Gasteiger partial charge >= 0.3 is 0 Å². The molecule has 0 aliphatic rings. The third-order valence-corrected chi connectivity index (χ3v) is 3.12. The highest BCUT2D eigenvalue weighted by molar-refractivity contribution is 5.91. The molecule has 122 valence electrons. The maximum Gasteiger partial charge on any atom is 0.225 e. The lowest BCUT2D eigenvalue weighted by molar-refractivity contribution is 0.356. The molecular weight excluding hydrogens is 306 g/mol. The van der Waals surface area contributed by atoms with Gasteiger partial charge in [0.05, 0.1) is 19.7 Å². The Morgan fingerprint density at radius 2 is 1.77 bits per heavy atom. The standard InChI is InChI=1S/C14H21N5O2.ClH/c1-16-5-4-6-17-14-18-10-8-12(21-3)11(20-2)7-9(10)13(15)19-14;/h7-8,16H,4-6H2,1-3H3,(H3,15,17,18,19);1H. The zero-order chi connectivity index (χ0) is 15.2. The van der Waals surface area contributed by atoms with E-state index in [-0.39, 0.29) is 12.4 Å². The highest BCUT2D eigenvalue weighted by Gasteiger charge is 2.11. The van der Waals surface area contributed by atoms with E-state index in [4.69, 9.17) is 15.2 Å². The molecule has 0 atom stereocenters. The van der Waals surface area contributed by atoms with Crippen molar-refractivity contribution in [1.82, 2.24) is 15.3 Å². The highest BCUT2D eigenvalue weighted by atomic mass is 35.5. The summed E-state index contributed by atoms with van der Waals surface area (Å²) < 4.78 is 10.5. The van der Waals surface area contributed by atoms with Crippen LogP contribution in [0.3, 0.4) is 0 Å². The maximum atomic E-state index is 6.00. The first-order valence-corrected chi connectivity index (χ1v) is 6.77. The van der Waals surface area contributed by atoms with Crippen molar-refractivity contribution in [3.63, 3.8) is 0 Å². The molecule has 8 heteroatoms. The quantitative estimate of drug-likeness (QED) is 0.666. The zero-order valence-corrected chi connectivity index (χ0v) is 13.8. The van der Waals surface area contributed by atoms with E-state index in [1.54, 1.807) is 26.4 Å². The summed E-state index contributed by atoms with van der Waals surface area (Å²) in [5.41, 5.74) is 6.72. The second kappa shape index (κ2) is 8.45. The summed E-state index contributed by atoms with van der Waals surface area (Å²) in [6, 6.07) is 3.58. The Bertz CT molecular complexity index is 624. The van der Waals surface area contributed by atoms with E-state index in [1.165, 1.54) is 0 Å². The van der Waals surface area contributed by atoms with Gasteiger partial charge < -0.3 is 25.8 Å². The predicted octanol–water partition coefficient (Wildman–Crippen LogP) is 1.67. The number of nitrogens with zero attached hydrogens (tertiary/aromatic N) is 2. The van der Waals surface area contributed by atoms with E-state index in [1.807, 2.05) is 7.05 Å². The maximum absolute atomic E-state index is 6.00. The number of ether oxygens (including phenoxy) is 2. The lowest BCUT2D eigenvalue weighted by Gasteiger charge is -2.11. The fourth-order valence-electron chi connectivity index (χ4n) is 2.02. The first-order valence-electron chi connectivity index (χ1n) is 6.77. The smallest absolute Gasteiger partial charge is 0.225 e. The number of nitrogen functional groups attached to an aromatic ring is 1. The zero-order valence-electron chi connectivity index (χ0n) is 13.0. The average Bonchev–Trinajstić information content (AvgIpc) is 2.50. The third kappa shape index (κ3) is 4.02. The molecule has 0 aliphatic carbocycles. The number of aromatic nitrogens is 2. The third-order valence-electron chi connectivity index (χ3n) is 3.12. The van der Waals surface area contributed by atoms with E-state index in [0.29, 0.717) is 23.3 Å². The molecule has 0 bridgehead atoms. The van der Waals surface area contributed by atoms with Crippen LogP contribution in [0.5, 0.6) is 11.5 Å². The van der Waals surface area contributed by atoms with Gasteiger partial charge in [0.1, 0.15) is 5.82 Å². The van der Waals surface area contributed by atoms with Crippen LogP contribution in [-0.2, 0) is 0 Å². The van der Waals surface area contributed by atoms with E-state index < -0.39 is 0 Å². The second-order valence-electron chi connectivity index (χ2n) is 4.54. The molecule has 0 aliphatic heterocycles. The minimum atomic E-state index is 0. The number of hydrogen-bond donors (Lipinski definition) is 3. The van der Waals surface area contributed by atoms with Gasteiger partial charge in [-0.3, -0.25) is 0 Å². The average molecular weight is 328 g/mol. The molecule has 22 heavy (non-hydrogen) atoms. The summed E-state index contributed by atoms with van der Waals surface area (Å²) in [6.45, 7) is 1.71. The number of methoxy groups -OCH3 is 2. The van der Waals surface area contributed by atoms with Gasteiger partial charge in [-0.2, -0.15) is 4.98 Å². The Balaban J connectivity index is 0.00000242. The molecule has 0 radical (unpaired) electrons. The van der Waals surface area contributed by atoms with E-state index in [2.05, 4.69) is 20.6 Å². The molecule has 0 saturated carbocycles. The Kier molecular flexibility index (Phi) is 6.94. The monoisotopic (exact) mass is 327 g/mol. The van der Waals surface area contributed by atoms with Gasteiger partial charge in [0.2, 0.25) is 5.95 Å². The van der Waals surface area contributed by atoms with Gasteiger partial charge in [-0.15, -0.1) is 12.4 Å². The van der Waals surface area contributed by atoms with Crippen LogP contribution in [0.15, 0.2) is 12.1 Å². The van der Waals surface area contributed by atoms with Gasteiger partial charge in [-0.05, 0) is 26.1 Å². The minimum absolute atomic E-state index is 0. The van der Waals surface area contributed by atoms with Crippen molar-refractivity contribution in [1.29, 1.82) is 0 Å². The first-order chi connectivity index (χ1) is 10.2. The van der Waals surface area contributed by atoms with Crippen molar-refractivity contribution in [3.8, 4) is 11.5 Å². The van der Waals surface area contributed by atoms with Crippen molar-refractivity contribution in [3.05, 3.63) is 12.1 Å². The molecule has 1 aromatic carbocycles. The van der Waals surface area contributed by atoms with Gasteiger partial charge in [0.25, 0.3) is 0 Å². The van der Waals surface area contributed by atoms with Crippen LogP contribution < -0.4 is 25.8 Å². The van der Waals surface area contributed by atoms with Crippen molar-refractivity contribution in [2.24, 2.45) is 0 Å². The molecule has 4 N–H and O–H groups in total. The topological polar surface area (TPSA) is 94.3 Å². The summed E-state index contributed by atoms with van der Waals surface area (Å²) in [7, 11) is 5.09. The van der Waals surface area contributed by atoms with Crippen molar-refractivity contribution < 1.29 is 9.47 Å². The number of hydrogen-bond acceptors (Lipinski definition) is 7. The van der Waals surface area contributed by atoms with Gasteiger partial charge in [-0.25, -0.2) is 4.98 Å². The summed E-state index contributed by atoms with van der Waals surface area (Å²) in [4.78, 5) is 8.73. The number of anilines is 2. The van der Waals surface area contributed by atoms with Crippen LogP contribution in [-0.4, -0.2) is 44.3 Å². The Labute approximate surface area is 136 Å². The normalized spacial score (nSPS) is 10.1. The molecule has 1 aromatic heterocycles. The first kappa shape index (κ1) is 18.1. The summed E-state index contributed by atoms with van der Waals surface area (Å²) in [6.07, 6.45) is 0.976. The van der Waals surface area contributed by atoms with Crippen molar-refractivity contribution in [2.75, 3.05) is 45.4 Å². The fraction of sp³-hybridized carbons (Fsp3) is 0.429. The molecule has 0 spiro atoms. The van der Waals surface area contributed by atoms with Gasteiger partial charge in [0.15, 0.2) is 11.5 Å². The van der Waals surface area contributed by atoms with E-state index >= 15 is 0 Å². The summed E-state index contributed by atoms with van der Waals surface area (Å²) in [5.74, 6) is 2.15. The Morgan fingerprint density at radius 3 is 2.41 bits per heavy atom. The molecular formula is C14H22ClN5O2. The fourth-order valence-corrected chi connectivity index (χ4v) is 2.02.